The van der Waals surface area contributed by atoms with Gasteiger partial charge < -0.3 is 25.5 Å². The average molecular weight is 410 g/mol. The molecule has 9 nitrogen and oxygen atoms in total. The number of hydrogen-bond acceptors (Lipinski definition) is 8. The summed E-state index contributed by atoms with van der Waals surface area (Å²) in [7, 11) is 0. The molecule has 156 valence electrons. The molecule has 0 saturated carbocycles. The van der Waals surface area contributed by atoms with E-state index in [1.165, 1.54) is 0 Å². The summed E-state index contributed by atoms with van der Waals surface area (Å²) in [6.45, 7) is -0.764. The molecule has 5 N–H and O–H groups in total. The molecule has 0 aliphatic carbocycles. The molecule has 0 bridgehead atoms. The summed E-state index contributed by atoms with van der Waals surface area (Å²) in [6.07, 6.45) is -6.34. The van der Waals surface area contributed by atoms with Gasteiger partial charge in [0.1, 0.15) is 24.4 Å². The molecule has 30 heavy (non-hydrogen) atoms. The molecule has 0 spiro atoms. The van der Waals surface area contributed by atoms with Crippen molar-refractivity contribution in [2.45, 2.75) is 30.8 Å². The maximum Gasteiger partial charge on any atom is 0.183 e. The van der Waals surface area contributed by atoms with Gasteiger partial charge in [-0.2, -0.15) is 0 Å². The summed E-state index contributed by atoms with van der Waals surface area (Å²) in [5.41, 5.74) is 3.34. The van der Waals surface area contributed by atoms with Crippen LogP contribution in [0.15, 0.2) is 54.6 Å². The van der Waals surface area contributed by atoms with Crippen LogP contribution in [0.2, 0.25) is 0 Å². The minimum Gasteiger partial charge on any atom is -0.394 e. The quantitative estimate of drug-likeness (QED) is 0.286. The SMILES string of the molecule is OC[C@@H](O)[C@H](O)[C@H](O)C(O)c1nnc2c(Cc3ccccc3)nc3ccccc3n12. The maximum absolute atomic E-state index is 10.7. The number of benzene rings is 2. The molecule has 0 saturated heterocycles. The molecule has 0 aliphatic rings. The van der Waals surface area contributed by atoms with Gasteiger partial charge >= 0.3 is 0 Å². The minimum atomic E-state index is -1.79. The van der Waals surface area contributed by atoms with Crippen molar-refractivity contribution < 1.29 is 25.5 Å². The number of nitrogens with zero attached hydrogens (tertiary/aromatic N) is 4. The van der Waals surface area contributed by atoms with E-state index in [0.717, 1.165) is 5.56 Å². The van der Waals surface area contributed by atoms with Crippen LogP contribution in [0.25, 0.3) is 16.7 Å². The van der Waals surface area contributed by atoms with Crippen LogP contribution in [0.4, 0.5) is 0 Å². The second-order valence-corrected chi connectivity index (χ2v) is 7.10. The average Bonchev–Trinajstić information content (AvgIpc) is 3.23. The Labute approximate surface area is 171 Å². The Morgan fingerprint density at radius 3 is 2.27 bits per heavy atom. The summed E-state index contributed by atoms with van der Waals surface area (Å²) in [4.78, 5) is 4.70. The van der Waals surface area contributed by atoms with Gasteiger partial charge in [-0.3, -0.25) is 4.40 Å². The van der Waals surface area contributed by atoms with E-state index in [4.69, 9.17) is 10.1 Å². The fourth-order valence-electron chi connectivity index (χ4n) is 3.44. The van der Waals surface area contributed by atoms with Crippen LogP contribution in [0.1, 0.15) is 23.2 Å². The molecule has 1 unspecified atom stereocenters. The molecule has 2 aromatic heterocycles. The predicted molar refractivity (Wildman–Crippen MR) is 108 cm³/mol. The van der Waals surface area contributed by atoms with Crippen LogP contribution >= 0.6 is 0 Å². The van der Waals surface area contributed by atoms with Crippen molar-refractivity contribution in [3.8, 4) is 0 Å². The zero-order chi connectivity index (χ0) is 21.3. The number of aliphatic hydroxyl groups excluding tert-OH is 5. The van der Waals surface area contributed by atoms with Gasteiger partial charge in [0.25, 0.3) is 0 Å². The van der Waals surface area contributed by atoms with E-state index < -0.39 is 31.0 Å². The van der Waals surface area contributed by atoms with E-state index in [9.17, 15) is 20.4 Å². The molecule has 9 heteroatoms. The summed E-state index contributed by atoms with van der Waals surface area (Å²) in [5, 5.41) is 57.9. The largest absolute Gasteiger partial charge is 0.394 e. The van der Waals surface area contributed by atoms with Gasteiger partial charge in [-0.25, -0.2) is 4.98 Å². The van der Waals surface area contributed by atoms with Gasteiger partial charge in [0.15, 0.2) is 11.5 Å². The van der Waals surface area contributed by atoms with Crippen molar-refractivity contribution in [2.24, 2.45) is 0 Å². The molecule has 2 heterocycles. The topological polar surface area (TPSA) is 144 Å². The maximum atomic E-state index is 10.7. The number of aromatic nitrogens is 4. The summed E-state index contributed by atoms with van der Waals surface area (Å²) < 4.78 is 1.59. The normalized spacial score (nSPS) is 15.9. The zero-order valence-corrected chi connectivity index (χ0v) is 15.9. The summed E-state index contributed by atoms with van der Waals surface area (Å²) in [6, 6.07) is 17.0. The van der Waals surface area contributed by atoms with Crippen LogP contribution in [-0.4, -0.2) is 70.0 Å². The number of hydrogen-bond donors (Lipinski definition) is 5. The van der Waals surface area contributed by atoms with Crippen molar-refractivity contribution >= 4 is 16.7 Å². The Balaban J connectivity index is 1.84. The van der Waals surface area contributed by atoms with E-state index in [1.54, 1.807) is 16.5 Å². The van der Waals surface area contributed by atoms with Crippen LogP contribution in [-0.2, 0) is 6.42 Å². The van der Waals surface area contributed by atoms with Crippen LogP contribution in [0.3, 0.4) is 0 Å². The van der Waals surface area contributed by atoms with Crippen molar-refractivity contribution in [1.29, 1.82) is 0 Å². The third-order valence-corrected chi connectivity index (χ3v) is 5.06. The third-order valence-electron chi connectivity index (χ3n) is 5.06. The lowest BCUT2D eigenvalue weighted by Gasteiger charge is -2.24. The van der Waals surface area contributed by atoms with Gasteiger partial charge in [-0.05, 0) is 17.7 Å². The molecule has 4 atom stereocenters. The first-order valence-electron chi connectivity index (χ1n) is 9.51. The first-order valence-corrected chi connectivity index (χ1v) is 9.51. The van der Waals surface area contributed by atoms with E-state index >= 15 is 0 Å². The highest BCUT2D eigenvalue weighted by Crippen LogP contribution is 2.25. The molecule has 0 radical (unpaired) electrons. The lowest BCUT2D eigenvalue weighted by atomic mass is 10.0. The lowest BCUT2D eigenvalue weighted by Crippen LogP contribution is -2.43. The zero-order valence-electron chi connectivity index (χ0n) is 15.9. The van der Waals surface area contributed by atoms with E-state index in [0.29, 0.717) is 28.8 Å². The molecule has 4 aromatic rings. The number of fused-ring (bicyclic) bond motifs is 3. The summed E-state index contributed by atoms with van der Waals surface area (Å²) >= 11 is 0. The van der Waals surface area contributed by atoms with Crippen LogP contribution in [0.5, 0.6) is 0 Å². The highest BCUT2D eigenvalue weighted by Gasteiger charge is 2.34. The lowest BCUT2D eigenvalue weighted by molar-refractivity contribution is -0.118. The smallest absolute Gasteiger partial charge is 0.183 e. The van der Waals surface area contributed by atoms with E-state index in [-0.39, 0.29) is 5.82 Å². The number of rotatable bonds is 7. The third kappa shape index (κ3) is 3.64. The molecule has 0 fully saturated rings. The van der Waals surface area contributed by atoms with Crippen LogP contribution < -0.4 is 0 Å². The molecule has 2 aromatic carbocycles. The fraction of sp³-hybridized carbons (Fsp3) is 0.286. The Hall–Kier alpha value is -2.95. The van der Waals surface area contributed by atoms with Gasteiger partial charge in [0.05, 0.1) is 23.3 Å². The van der Waals surface area contributed by atoms with Crippen LogP contribution in [0, 0.1) is 0 Å². The molecular weight excluding hydrogens is 388 g/mol. The van der Waals surface area contributed by atoms with Gasteiger partial charge in [0, 0.05) is 6.42 Å². The van der Waals surface area contributed by atoms with Gasteiger partial charge in [0.2, 0.25) is 0 Å². The highest BCUT2D eigenvalue weighted by atomic mass is 16.4. The predicted octanol–water partition coefficient (Wildman–Crippen LogP) is -0.0233. The van der Waals surface area contributed by atoms with Crippen molar-refractivity contribution in [3.63, 3.8) is 0 Å². The second kappa shape index (κ2) is 8.42. The number of aliphatic hydroxyl groups is 5. The fourth-order valence-corrected chi connectivity index (χ4v) is 3.44. The molecular formula is C21H22N4O5. The molecule has 0 amide bonds. The molecule has 0 aliphatic heterocycles. The Morgan fingerprint density at radius 2 is 1.53 bits per heavy atom. The first kappa shape index (κ1) is 20.3. The highest BCUT2D eigenvalue weighted by molar-refractivity contribution is 5.78. The van der Waals surface area contributed by atoms with Crippen molar-refractivity contribution in [2.75, 3.05) is 6.61 Å². The van der Waals surface area contributed by atoms with Crippen molar-refractivity contribution in [3.05, 3.63) is 71.7 Å². The van der Waals surface area contributed by atoms with Gasteiger partial charge in [-0.15, -0.1) is 10.2 Å². The van der Waals surface area contributed by atoms with Gasteiger partial charge in [-0.1, -0.05) is 42.5 Å². The first-order chi connectivity index (χ1) is 14.5. The molecule has 4 rings (SSSR count). The monoisotopic (exact) mass is 410 g/mol. The standard InChI is InChI=1S/C21H22N4O5/c26-11-16(27)17(28)18(29)19(30)21-24-23-20-14(10-12-6-2-1-3-7-12)22-13-8-4-5-9-15(13)25(20)21/h1-9,16-19,26-30H,10-11H2/t16-,17+,18+,19?/m1/s1. The van der Waals surface area contributed by atoms with E-state index in [1.807, 2.05) is 42.5 Å². The number of para-hydroxylation sites is 2. The Morgan fingerprint density at radius 1 is 0.833 bits per heavy atom. The Kier molecular flexibility index (Phi) is 5.71. The van der Waals surface area contributed by atoms with Crippen molar-refractivity contribution in [1.82, 2.24) is 19.6 Å². The summed E-state index contributed by atoms with van der Waals surface area (Å²) in [5.74, 6) is -0.00500. The Bertz CT molecular complexity index is 1150. The van der Waals surface area contributed by atoms with E-state index in [2.05, 4.69) is 10.2 Å². The minimum absolute atomic E-state index is 0.00500. The second-order valence-electron chi connectivity index (χ2n) is 7.10.